The number of imidazole rings is 2. The fraction of sp³-hybridized carbons (Fsp3) is 0.476. The van der Waals surface area contributed by atoms with Gasteiger partial charge in [-0.3, -0.25) is 9.59 Å². The van der Waals surface area contributed by atoms with Crippen LogP contribution in [0.1, 0.15) is 88.9 Å². The Balaban J connectivity index is 0.966. The number of rotatable bonds is 10. The number of nitrogens with one attached hydrogen (secondary N) is 4. The van der Waals surface area contributed by atoms with Crippen LogP contribution in [0.4, 0.5) is 9.59 Å². The van der Waals surface area contributed by atoms with Crippen molar-refractivity contribution in [3.63, 3.8) is 0 Å². The SMILES string of the molecule is COC(=O)N[C@H](C(=O)N1CCC[C@H]1c1ncc(-c2ccc(-c3ccc(-c4cnc([C@@H]5CCCN5C(=O)[C@H]5CC[C@@H](NC(=O)OC)CC5)[nH]4)cc3)cc2)[nH]1)C(C)C. The maximum atomic E-state index is 13.6. The Hall–Kier alpha value is -5.66. The Kier molecular flexibility index (Phi) is 11.7. The van der Waals surface area contributed by atoms with Crippen molar-refractivity contribution < 1.29 is 28.7 Å². The van der Waals surface area contributed by atoms with E-state index < -0.39 is 18.2 Å². The van der Waals surface area contributed by atoms with Crippen molar-refractivity contribution in [1.82, 2.24) is 40.4 Å². The summed E-state index contributed by atoms with van der Waals surface area (Å²) in [5.41, 5.74) is 5.93. The van der Waals surface area contributed by atoms with E-state index in [2.05, 4.69) is 74.1 Å². The fourth-order valence-electron chi connectivity index (χ4n) is 8.44. The minimum absolute atomic E-state index is 0.0405. The van der Waals surface area contributed by atoms with Gasteiger partial charge in [0, 0.05) is 25.0 Å². The highest BCUT2D eigenvalue weighted by Crippen LogP contribution is 2.37. The molecule has 0 spiro atoms. The summed E-state index contributed by atoms with van der Waals surface area (Å²) in [5.74, 6) is 1.45. The molecule has 3 aliphatic rings. The van der Waals surface area contributed by atoms with Gasteiger partial charge in [-0.25, -0.2) is 19.6 Å². The molecule has 2 aromatic heterocycles. The Morgan fingerprint density at radius 3 is 1.66 bits per heavy atom. The predicted octanol–water partition coefficient (Wildman–Crippen LogP) is 6.76. The molecule has 7 rings (SSSR count). The smallest absolute Gasteiger partial charge is 0.407 e. The number of aromatic amines is 2. The van der Waals surface area contributed by atoms with E-state index in [1.807, 2.05) is 36.0 Å². The lowest BCUT2D eigenvalue weighted by molar-refractivity contribution is -0.138. The van der Waals surface area contributed by atoms with Crippen molar-refractivity contribution in [2.75, 3.05) is 27.3 Å². The minimum Gasteiger partial charge on any atom is -0.453 e. The van der Waals surface area contributed by atoms with Crippen LogP contribution >= 0.6 is 0 Å². The van der Waals surface area contributed by atoms with Gasteiger partial charge < -0.3 is 39.9 Å². The molecule has 4 heterocycles. The van der Waals surface area contributed by atoms with E-state index in [1.54, 1.807) is 0 Å². The zero-order valence-corrected chi connectivity index (χ0v) is 32.5. The second kappa shape index (κ2) is 17.0. The molecule has 2 aliphatic heterocycles. The molecule has 4 amide bonds. The van der Waals surface area contributed by atoms with Gasteiger partial charge in [-0.05, 0) is 79.5 Å². The van der Waals surface area contributed by atoms with Crippen molar-refractivity contribution >= 4 is 24.0 Å². The minimum atomic E-state index is -0.683. The van der Waals surface area contributed by atoms with Crippen LogP contribution in [-0.2, 0) is 19.1 Å². The number of benzene rings is 2. The molecule has 4 N–H and O–H groups in total. The first-order valence-corrected chi connectivity index (χ1v) is 19.7. The Morgan fingerprint density at radius 1 is 0.679 bits per heavy atom. The third-order valence-corrected chi connectivity index (χ3v) is 11.6. The second-order valence-electron chi connectivity index (χ2n) is 15.4. The Labute approximate surface area is 327 Å². The number of amides is 4. The van der Waals surface area contributed by atoms with Crippen LogP contribution < -0.4 is 10.6 Å². The van der Waals surface area contributed by atoms with E-state index >= 15 is 0 Å². The number of nitrogens with zero attached hydrogens (tertiary/aromatic N) is 4. The quantitative estimate of drug-likeness (QED) is 0.137. The highest BCUT2D eigenvalue weighted by molar-refractivity contribution is 5.86. The molecule has 1 saturated carbocycles. The summed E-state index contributed by atoms with van der Waals surface area (Å²) < 4.78 is 9.49. The summed E-state index contributed by atoms with van der Waals surface area (Å²) in [6, 6.07) is 15.8. The predicted molar refractivity (Wildman–Crippen MR) is 210 cm³/mol. The highest BCUT2D eigenvalue weighted by Gasteiger charge is 2.39. The molecule has 2 aromatic carbocycles. The van der Waals surface area contributed by atoms with Crippen LogP contribution in [0.5, 0.6) is 0 Å². The number of hydrogen-bond donors (Lipinski definition) is 4. The van der Waals surface area contributed by atoms with Gasteiger partial charge >= 0.3 is 12.2 Å². The van der Waals surface area contributed by atoms with Gasteiger partial charge in [0.2, 0.25) is 11.8 Å². The lowest BCUT2D eigenvalue weighted by Crippen LogP contribution is -2.51. The number of carbonyl (C=O) groups is 4. The van der Waals surface area contributed by atoms with E-state index in [1.165, 1.54) is 14.2 Å². The molecule has 56 heavy (non-hydrogen) atoms. The maximum Gasteiger partial charge on any atom is 0.407 e. The van der Waals surface area contributed by atoms with Crippen LogP contribution in [0.3, 0.4) is 0 Å². The van der Waals surface area contributed by atoms with Crippen molar-refractivity contribution in [2.45, 2.75) is 89.4 Å². The normalized spacial score (nSPS) is 21.5. The number of ether oxygens (including phenoxy) is 2. The van der Waals surface area contributed by atoms with E-state index in [0.29, 0.717) is 6.54 Å². The van der Waals surface area contributed by atoms with E-state index in [0.717, 1.165) is 103 Å². The van der Waals surface area contributed by atoms with Crippen LogP contribution in [0.15, 0.2) is 60.9 Å². The average molecular weight is 765 g/mol. The summed E-state index contributed by atoms with van der Waals surface area (Å²) in [4.78, 5) is 70.9. The third kappa shape index (κ3) is 8.29. The number of H-pyrrole nitrogens is 2. The molecule has 1 aliphatic carbocycles. The molecule has 0 bridgehead atoms. The number of hydrogen-bond acceptors (Lipinski definition) is 8. The van der Waals surface area contributed by atoms with Gasteiger partial charge in [0.1, 0.15) is 17.7 Å². The number of likely N-dealkylation sites (tertiary alicyclic amines) is 2. The summed E-state index contributed by atoms with van der Waals surface area (Å²) in [6.45, 7) is 5.13. The third-order valence-electron chi connectivity index (χ3n) is 11.6. The molecule has 3 atom stereocenters. The van der Waals surface area contributed by atoms with Gasteiger partial charge in [0.25, 0.3) is 0 Å². The molecule has 296 valence electrons. The molecule has 14 nitrogen and oxygen atoms in total. The van der Waals surface area contributed by atoms with Crippen molar-refractivity contribution in [3.8, 4) is 33.6 Å². The van der Waals surface area contributed by atoms with Crippen LogP contribution in [0.2, 0.25) is 0 Å². The summed E-state index contributed by atoms with van der Waals surface area (Å²) >= 11 is 0. The molecule has 0 unspecified atom stereocenters. The largest absolute Gasteiger partial charge is 0.453 e. The summed E-state index contributed by atoms with van der Waals surface area (Å²) in [7, 11) is 2.66. The summed E-state index contributed by atoms with van der Waals surface area (Å²) in [5, 5.41) is 5.57. The maximum absolute atomic E-state index is 13.6. The first-order chi connectivity index (χ1) is 27.1. The Bertz CT molecular complexity index is 2000. The highest BCUT2D eigenvalue weighted by atomic mass is 16.5. The monoisotopic (exact) mass is 764 g/mol. The Morgan fingerprint density at radius 2 is 1.16 bits per heavy atom. The molecular weight excluding hydrogens is 713 g/mol. The topological polar surface area (TPSA) is 175 Å². The van der Waals surface area contributed by atoms with Gasteiger partial charge in [-0.1, -0.05) is 62.4 Å². The molecule has 4 aromatic rings. The molecule has 0 radical (unpaired) electrons. The number of aromatic nitrogens is 4. The molecule has 14 heteroatoms. The number of alkyl carbamates (subject to hydrolysis) is 2. The average Bonchev–Trinajstić information content (AvgIpc) is 4.07. The van der Waals surface area contributed by atoms with Gasteiger partial charge in [-0.2, -0.15) is 0 Å². The van der Waals surface area contributed by atoms with E-state index in [4.69, 9.17) is 14.5 Å². The lowest BCUT2D eigenvalue weighted by Gasteiger charge is -2.32. The first-order valence-electron chi connectivity index (χ1n) is 19.7. The van der Waals surface area contributed by atoms with E-state index in [9.17, 15) is 19.2 Å². The zero-order chi connectivity index (χ0) is 39.3. The summed E-state index contributed by atoms with van der Waals surface area (Å²) in [6.07, 6.45) is 9.12. The molecule has 2 saturated heterocycles. The number of methoxy groups -OCH3 is 2. The van der Waals surface area contributed by atoms with Crippen molar-refractivity contribution in [2.24, 2.45) is 11.8 Å². The van der Waals surface area contributed by atoms with Crippen LogP contribution in [0.25, 0.3) is 33.6 Å². The first kappa shape index (κ1) is 38.6. The standard InChI is InChI=1S/C42H52N8O6/c1-25(2)36(48-42(54)56-4)40(52)50-22-6-8-35(50)38-44-24-33(47-38)29-15-11-27(12-16-29)26-9-13-28(14-10-26)32-23-43-37(46-32)34-7-5-21-49(34)39(51)30-17-19-31(20-18-30)45-41(53)55-3/h9-16,23-25,30-31,34-36H,5-8,17-22H2,1-4H3,(H,43,46)(H,44,47)(H,45,53)(H,48,54)/t30-,31+,34-,35-,36-/m0/s1. The zero-order valence-electron chi connectivity index (χ0n) is 32.5. The van der Waals surface area contributed by atoms with Crippen molar-refractivity contribution in [3.05, 3.63) is 72.6 Å². The fourth-order valence-corrected chi connectivity index (χ4v) is 8.44. The van der Waals surface area contributed by atoms with Crippen LogP contribution in [0, 0.1) is 11.8 Å². The van der Waals surface area contributed by atoms with Gasteiger partial charge in [0.15, 0.2) is 0 Å². The lowest BCUT2D eigenvalue weighted by atomic mass is 9.85. The van der Waals surface area contributed by atoms with E-state index in [-0.39, 0.29) is 41.8 Å². The second-order valence-corrected chi connectivity index (χ2v) is 15.4. The van der Waals surface area contributed by atoms with Crippen LogP contribution in [-0.4, -0.2) is 93.1 Å². The van der Waals surface area contributed by atoms with Gasteiger partial charge in [-0.15, -0.1) is 0 Å². The number of carbonyl (C=O) groups excluding carboxylic acids is 4. The van der Waals surface area contributed by atoms with Crippen molar-refractivity contribution in [1.29, 1.82) is 0 Å². The van der Waals surface area contributed by atoms with Gasteiger partial charge in [0.05, 0.1) is 50.1 Å². The molecular formula is C42H52N8O6. The molecule has 3 fully saturated rings.